The van der Waals surface area contributed by atoms with Crippen molar-refractivity contribution in [3.63, 3.8) is 0 Å². The molecule has 0 aliphatic carbocycles. The maximum atomic E-state index is 12.1. The number of thiophene rings is 1. The number of halogens is 1. The lowest BCUT2D eigenvalue weighted by molar-refractivity contribution is -0.134. The lowest BCUT2D eigenvalue weighted by Gasteiger charge is -2.35. The molecule has 0 saturated carbocycles. The van der Waals surface area contributed by atoms with Gasteiger partial charge in [-0.1, -0.05) is 11.6 Å². The zero-order valence-electron chi connectivity index (χ0n) is 10.5. The largest absolute Gasteiger partial charge is 0.337 e. The average molecular weight is 304 g/mol. The SMILES string of the molecule is CC1(Cc2cc(Cl)cs2)CCCN1C(=O)CCS. The molecule has 1 saturated heterocycles. The van der Waals surface area contributed by atoms with Crippen LogP contribution in [0.5, 0.6) is 0 Å². The van der Waals surface area contributed by atoms with E-state index in [4.69, 9.17) is 11.6 Å². The van der Waals surface area contributed by atoms with E-state index in [1.165, 1.54) is 4.88 Å². The van der Waals surface area contributed by atoms with Crippen molar-refractivity contribution in [1.29, 1.82) is 0 Å². The topological polar surface area (TPSA) is 20.3 Å². The summed E-state index contributed by atoms with van der Waals surface area (Å²) in [6.45, 7) is 3.06. The van der Waals surface area contributed by atoms with Crippen molar-refractivity contribution in [1.82, 2.24) is 4.90 Å². The predicted octanol–water partition coefficient (Wildman–Crippen LogP) is 3.65. The Bertz CT molecular complexity index is 434. The van der Waals surface area contributed by atoms with Crippen LogP contribution in [-0.4, -0.2) is 28.6 Å². The first kappa shape index (κ1) is 14.2. The number of hydrogen-bond acceptors (Lipinski definition) is 3. The van der Waals surface area contributed by atoms with Crippen LogP contribution >= 0.6 is 35.6 Å². The summed E-state index contributed by atoms with van der Waals surface area (Å²) in [6, 6.07) is 2.01. The van der Waals surface area contributed by atoms with Crippen LogP contribution in [0.25, 0.3) is 0 Å². The van der Waals surface area contributed by atoms with E-state index in [9.17, 15) is 4.79 Å². The molecule has 1 aromatic rings. The van der Waals surface area contributed by atoms with E-state index in [2.05, 4.69) is 19.6 Å². The number of carbonyl (C=O) groups is 1. The van der Waals surface area contributed by atoms with Crippen molar-refractivity contribution >= 4 is 41.5 Å². The minimum Gasteiger partial charge on any atom is -0.337 e. The molecule has 0 spiro atoms. The van der Waals surface area contributed by atoms with Crippen LogP contribution in [0.1, 0.15) is 31.1 Å². The van der Waals surface area contributed by atoms with E-state index in [0.717, 1.165) is 30.8 Å². The fourth-order valence-corrected chi connectivity index (χ4v) is 4.13. The Hall–Kier alpha value is -0.190. The van der Waals surface area contributed by atoms with Crippen LogP contribution in [-0.2, 0) is 11.2 Å². The van der Waals surface area contributed by atoms with E-state index in [1.807, 2.05) is 16.3 Å². The number of rotatable bonds is 4. The number of thiol groups is 1. The van der Waals surface area contributed by atoms with E-state index >= 15 is 0 Å². The Morgan fingerprint density at radius 2 is 2.44 bits per heavy atom. The summed E-state index contributed by atoms with van der Waals surface area (Å²) < 4.78 is 0. The number of hydrogen-bond donors (Lipinski definition) is 1. The van der Waals surface area contributed by atoms with Crippen LogP contribution in [0.4, 0.5) is 0 Å². The second kappa shape index (κ2) is 5.85. The Morgan fingerprint density at radius 3 is 3.06 bits per heavy atom. The molecule has 2 rings (SSSR count). The van der Waals surface area contributed by atoms with Crippen molar-refractivity contribution < 1.29 is 4.79 Å². The third-order valence-electron chi connectivity index (χ3n) is 3.55. The minimum absolute atomic E-state index is 0.0474. The summed E-state index contributed by atoms with van der Waals surface area (Å²) in [6.07, 6.45) is 3.60. The molecule has 1 aromatic heterocycles. The van der Waals surface area contributed by atoms with Gasteiger partial charge in [0.1, 0.15) is 0 Å². The molecular formula is C13H18ClNOS2. The highest BCUT2D eigenvalue weighted by Gasteiger charge is 2.39. The van der Waals surface area contributed by atoms with Gasteiger partial charge in [0, 0.05) is 35.2 Å². The van der Waals surface area contributed by atoms with Gasteiger partial charge in [0.2, 0.25) is 5.91 Å². The Morgan fingerprint density at radius 1 is 1.67 bits per heavy atom. The van der Waals surface area contributed by atoms with E-state index < -0.39 is 0 Å². The highest BCUT2D eigenvalue weighted by Crippen LogP contribution is 2.35. The molecule has 2 nitrogen and oxygen atoms in total. The maximum absolute atomic E-state index is 12.1. The van der Waals surface area contributed by atoms with Gasteiger partial charge in [-0.3, -0.25) is 4.79 Å². The van der Waals surface area contributed by atoms with Crippen LogP contribution in [0.15, 0.2) is 11.4 Å². The monoisotopic (exact) mass is 303 g/mol. The Labute approximate surface area is 123 Å². The van der Waals surface area contributed by atoms with Gasteiger partial charge in [0.05, 0.1) is 5.02 Å². The van der Waals surface area contributed by atoms with Crippen LogP contribution < -0.4 is 0 Å². The zero-order valence-corrected chi connectivity index (χ0v) is 13.0. The van der Waals surface area contributed by atoms with Gasteiger partial charge < -0.3 is 4.90 Å². The van der Waals surface area contributed by atoms with Crippen molar-refractivity contribution in [2.45, 2.75) is 38.1 Å². The second-order valence-corrected chi connectivity index (χ2v) is 6.91. The standard InChI is InChI=1S/C13H18ClNOS2/c1-13(8-11-7-10(14)9-18-11)4-2-5-15(13)12(16)3-6-17/h7,9,17H,2-6,8H2,1H3. The predicted molar refractivity (Wildman–Crippen MR) is 80.9 cm³/mol. The van der Waals surface area contributed by atoms with Crippen LogP contribution in [0.2, 0.25) is 5.02 Å². The third kappa shape index (κ3) is 3.03. The fourth-order valence-electron chi connectivity index (χ4n) is 2.68. The fraction of sp³-hybridized carbons (Fsp3) is 0.615. The molecule has 1 aliphatic heterocycles. The normalized spacial score (nSPS) is 23.6. The first-order chi connectivity index (χ1) is 8.55. The number of nitrogens with zero attached hydrogens (tertiary/aromatic N) is 1. The molecule has 0 N–H and O–H groups in total. The molecule has 1 amide bonds. The van der Waals surface area contributed by atoms with Gasteiger partial charge in [-0.15, -0.1) is 11.3 Å². The molecular weight excluding hydrogens is 286 g/mol. The Kier molecular flexibility index (Phi) is 4.62. The van der Waals surface area contributed by atoms with E-state index in [0.29, 0.717) is 12.2 Å². The first-order valence-corrected chi connectivity index (χ1v) is 8.08. The second-order valence-electron chi connectivity index (χ2n) is 5.03. The van der Waals surface area contributed by atoms with Gasteiger partial charge in [0.15, 0.2) is 0 Å². The van der Waals surface area contributed by atoms with Crippen molar-refractivity contribution in [3.05, 3.63) is 21.3 Å². The summed E-state index contributed by atoms with van der Waals surface area (Å²) in [5, 5.41) is 2.75. The van der Waals surface area contributed by atoms with E-state index in [-0.39, 0.29) is 11.4 Å². The smallest absolute Gasteiger partial charge is 0.223 e. The van der Waals surface area contributed by atoms with Crippen molar-refractivity contribution in [2.24, 2.45) is 0 Å². The molecule has 0 aromatic carbocycles. The van der Waals surface area contributed by atoms with Gasteiger partial charge in [-0.2, -0.15) is 12.6 Å². The summed E-state index contributed by atoms with van der Waals surface area (Å²) in [7, 11) is 0. The van der Waals surface area contributed by atoms with Gasteiger partial charge in [0.25, 0.3) is 0 Å². The maximum Gasteiger partial charge on any atom is 0.223 e. The van der Waals surface area contributed by atoms with Crippen molar-refractivity contribution in [2.75, 3.05) is 12.3 Å². The van der Waals surface area contributed by atoms with Gasteiger partial charge in [-0.25, -0.2) is 0 Å². The van der Waals surface area contributed by atoms with Gasteiger partial charge in [-0.05, 0) is 31.6 Å². The van der Waals surface area contributed by atoms with Crippen LogP contribution in [0.3, 0.4) is 0 Å². The lowest BCUT2D eigenvalue weighted by atomic mass is 9.93. The lowest BCUT2D eigenvalue weighted by Crippen LogP contribution is -2.46. The number of likely N-dealkylation sites (tertiary alicyclic amines) is 1. The molecule has 2 heterocycles. The molecule has 0 radical (unpaired) electrons. The molecule has 1 aliphatic rings. The quantitative estimate of drug-likeness (QED) is 0.842. The summed E-state index contributed by atoms with van der Waals surface area (Å²) in [5.41, 5.74) is -0.0474. The molecule has 5 heteroatoms. The van der Waals surface area contributed by atoms with E-state index in [1.54, 1.807) is 11.3 Å². The first-order valence-electron chi connectivity index (χ1n) is 6.19. The third-order valence-corrected chi connectivity index (χ3v) is 5.06. The number of amides is 1. The van der Waals surface area contributed by atoms with Crippen LogP contribution in [0, 0.1) is 0 Å². The summed E-state index contributed by atoms with van der Waals surface area (Å²) in [5.74, 6) is 0.851. The number of carbonyl (C=O) groups excluding carboxylic acids is 1. The highest BCUT2D eigenvalue weighted by atomic mass is 35.5. The molecule has 100 valence electrons. The zero-order chi connectivity index (χ0) is 13.2. The summed E-state index contributed by atoms with van der Waals surface area (Å²) >= 11 is 11.8. The molecule has 0 bridgehead atoms. The highest BCUT2D eigenvalue weighted by molar-refractivity contribution is 7.80. The molecule has 1 unspecified atom stereocenters. The average Bonchev–Trinajstić information content (AvgIpc) is 2.86. The van der Waals surface area contributed by atoms with Gasteiger partial charge >= 0.3 is 0 Å². The molecule has 1 fully saturated rings. The molecule has 18 heavy (non-hydrogen) atoms. The minimum atomic E-state index is -0.0474. The Balaban J connectivity index is 2.10. The molecule has 1 atom stereocenters. The van der Waals surface area contributed by atoms with Crippen molar-refractivity contribution in [3.8, 4) is 0 Å². The summed E-state index contributed by atoms with van der Waals surface area (Å²) in [4.78, 5) is 15.4.